The van der Waals surface area contributed by atoms with E-state index in [0.717, 1.165) is 54.2 Å². The lowest BCUT2D eigenvalue weighted by Crippen LogP contribution is -2.36. The number of halogens is 3. The molecule has 0 radical (unpaired) electrons. The smallest absolute Gasteiger partial charge is 0.268 e. The second kappa shape index (κ2) is 9.07. The van der Waals surface area contributed by atoms with E-state index in [4.69, 9.17) is 11.6 Å². The lowest BCUT2D eigenvalue weighted by Gasteiger charge is -2.31. The summed E-state index contributed by atoms with van der Waals surface area (Å²) in [6.07, 6.45) is 1.17. The molecule has 3 aromatic rings. The Kier molecular flexibility index (Phi) is 6.42. The topological polar surface area (TPSA) is 74.3 Å². The maximum Gasteiger partial charge on any atom is 0.268 e. The quantitative estimate of drug-likeness (QED) is 0.485. The highest BCUT2D eigenvalue weighted by Crippen LogP contribution is 2.28. The number of hydrogen-bond acceptors (Lipinski definition) is 6. The molecular formula is C20H19ClF2N4O2S2. The summed E-state index contributed by atoms with van der Waals surface area (Å²) in [6.45, 7) is 3.05. The minimum Gasteiger partial charge on any atom is -0.381 e. The number of hydrogen-bond donors (Lipinski definition) is 2. The number of likely N-dealkylation sites (tertiary alicyclic amines) is 1. The maximum atomic E-state index is 14.6. The van der Waals surface area contributed by atoms with Crippen molar-refractivity contribution >= 4 is 44.5 Å². The average molecular weight is 485 g/mol. The summed E-state index contributed by atoms with van der Waals surface area (Å²) in [6, 6.07) is 7.51. The molecule has 0 saturated carbocycles. The Bertz CT molecular complexity index is 1160. The summed E-state index contributed by atoms with van der Waals surface area (Å²) < 4.78 is 56.0. The fourth-order valence-electron chi connectivity index (χ4n) is 3.29. The van der Waals surface area contributed by atoms with Gasteiger partial charge in [0, 0.05) is 29.2 Å². The van der Waals surface area contributed by atoms with Crippen LogP contribution < -0.4 is 10.0 Å². The van der Waals surface area contributed by atoms with E-state index in [0.29, 0.717) is 5.02 Å². The van der Waals surface area contributed by atoms with Gasteiger partial charge in [0.1, 0.15) is 11.6 Å². The molecule has 1 aliphatic heterocycles. The summed E-state index contributed by atoms with van der Waals surface area (Å²) in [5, 5.41) is 4.92. The number of anilines is 2. The Hall–Kier alpha value is -2.27. The first kappa shape index (κ1) is 21.9. The number of rotatable bonds is 8. The van der Waals surface area contributed by atoms with Crippen LogP contribution in [0.2, 0.25) is 5.02 Å². The molecule has 0 aliphatic carbocycles. The van der Waals surface area contributed by atoms with Crippen molar-refractivity contribution in [3.8, 4) is 0 Å². The molecule has 31 heavy (non-hydrogen) atoms. The number of sulfonamides is 1. The number of benzene rings is 2. The third-order valence-electron chi connectivity index (χ3n) is 4.97. The molecule has 1 aromatic heterocycles. The molecule has 0 amide bonds. The Morgan fingerprint density at radius 2 is 1.94 bits per heavy atom. The van der Waals surface area contributed by atoms with Gasteiger partial charge in [-0.25, -0.2) is 22.2 Å². The Balaban J connectivity index is 1.53. The molecule has 0 spiro atoms. The average Bonchev–Trinajstić information content (AvgIpc) is 3.15. The highest BCUT2D eigenvalue weighted by Gasteiger charge is 2.26. The highest BCUT2D eigenvalue weighted by molar-refractivity contribution is 7.92. The van der Waals surface area contributed by atoms with Crippen LogP contribution in [0.3, 0.4) is 0 Å². The van der Waals surface area contributed by atoms with Gasteiger partial charge in [-0.3, -0.25) is 9.62 Å². The van der Waals surface area contributed by atoms with Gasteiger partial charge in [-0.1, -0.05) is 23.7 Å². The lowest BCUT2D eigenvalue weighted by atomic mass is 10.0. The number of aromatic nitrogens is 1. The van der Waals surface area contributed by atoms with Crippen LogP contribution in [0.25, 0.3) is 0 Å². The van der Waals surface area contributed by atoms with Crippen molar-refractivity contribution in [2.75, 3.05) is 23.1 Å². The summed E-state index contributed by atoms with van der Waals surface area (Å²) in [5.74, 6) is -2.41. The summed E-state index contributed by atoms with van der Waals surface area (Å²) in [5.41, 5.74) is 3.38. The van der Waals surface area contributed by atoms with Crippen LogP contribution in [0, 0.1) is 11.6 Å². The third kappa shape index (κ3) is 4.98. The van der Waals surface area contributed by atoms with Gasteiger partial charge in [-0.2, -0.15) is 0 Å². The molecule has 11 heteroatoms. The van der Waals surface area contributed by atoms with Gasteiger partial charge in [0.15, 0.2) is 10.7 Å². The highest BCUT2D eigenvalue weighted by atomic mass is 35.5. The van der Waals surface area contributed by atoms with Gasteiger partial charge in [-0.05, 0) is 48.8 Å². The minimum atomic E-state index is -4.46. The molecule has 0 atom stereocenters. The van der Waals surface area contributed by atoms with Crippen molar-refractivity contribution in [1.82, 2.24) is 9.88 Å². The molecule has 2 N–H and O–H groups in total. The number of nitrogens with one attached hydrogen (secondary N) is 2. The Morgan fingerprint density at radius 1 is 1.19 bits per heavy atom. The van der Waals surface area contributed by atoms with Gasteiger partial charge in [0.25, 0.3) is 10.0 Å². The van der Waals surface area contributed by atoms with Crippen LogP contribution in [0.5, 0.6) is 0 Å². The molecule has 1 fully saturated rings. The Morgan fingerprint density at radius 3 is 2.55 bits per heavy atom. The van der Waals surface area contributed by atoms with Crippen molar-refractivity contribution < 1.29 is 17.2 Å². The molecule has 6 nitrogen and oxygen atoms in total. The normalized spacial score (nSPS) is 14.3. The first-order valence-corrected chi connectivity index (χ1v) is 12.3. The predicted molar refractivity (Wildman–Crippen MR) is 118 cm³/mol. The molecule has 164 valence electrons. The summed E-state index contributed by atoms with van der Waals surface area (Å²) in [7, 11) is -4.46. The van der Waals surface area contributed by atoms with Crippen LogP contribution in [-0.4, -0.2) is 31.4 Å². The second-order valence-electron chi connectivity index (χ2n) is 7.11. The van der Waals surface area contributed by atoms with Crippen LogP contribution in [0.15, 0.2) is 46.1 Å². The van der Waals surface area contributed by atoms with Gasteiger partial charge < -0.3 is 5.32 Å². The van der Waals surface area contributed by atoms with Gasteiger partial charge in [-0.15, -0.1) is 11.3 Å². The minimum absolute atomic E-state index is 0.000507. The van der Waals surface area contributed by atoms with Gasteiger partial charge in [0.05, 0.1) is 5.51 Å². The fourth-order valence-corrected chi connectivity index (χ4v) is 5.23. The van der Waals surface area contributed by atoms with Crippen molar-refractivity contribution in [3.05, 3.63) is 69.0 Å². The van der Waals surface area contributed by atoms with Crippen LogP contribution >= 0.6 is 22.9 Å². The summed E-state index contributed by atoms with van der Waals surface area (Å²) >= 11 is 7.51. The largest absolute Gasteiger partial charge is 0.381 e. The van der Waals surface area contributed by atoms with E-state index in [1.54, 1.807) is 6.07 Å². The van der Waals surface area contributed by atoms with E-state index < -0.39 is 26.6 Å². The summed E-state index contributed by atoms with van der Waals surface area (Å²) in [4.78, 5) is 5.00. The van der Waals surface area contributed by atoms with Crippen molar-refractivity contribution in [2.45, 2.75) is 24.4 Å². The molecule has 2 heterocycles. The molecule has 1 aliphatic rings. The van der Waals surface area contributed by atoms with Crippen molar-refractivity contribution in [1.29, 1.82) is 0 Å². The van der Waals surface area contributed by atoms with E-state index in [-0.39, 0.29) is 18.1 Å². The van der Waals surface area contributed by atoms with Crippen molar-refractivity contribution in [3.63, 3.8) is 0 Å². The number of thiazole rings is 1. The van der Waals surface area contributed by atoms with Gasteiger partial charge >= 0.3 is 0 Å². The fraction of sp³-hybridized carbons (Fsp3) is 0.250. The second-order valence-corrected chi connectivity index (χ2v) is 9.85. The Labute approximate surface area is 187 Å². The standard InChI is InChI=1S/C20H19ClF2N4O2S2/c21-16-4-1-3-13(10-27-5-2-6-27)15(16)9-24-14-7-17(22)20(18(23)8-14)31(28,29)26-19-11-30-12-25-19/h1,3-4,7-8,11-12,24,26H,2,5-6,9-10H2. The lowest BCUT2D eigenvalue weighted by molar-refractivity contribution is 0.172. The zero-order valence-corrected chi connectivity index (χ0v) is 18.6. The third-order valence-corrected chi connectivity index (χ3v) is 7.31. The number of nitrogens with zero attached hydrogens (tertiary/aromatic N) is 2. The zero-order valence-electron chi connectivity index (χ0n) is 16.2. The first-order valence-electron chi connectivity index (χ1n) is 9.46. The SMILES string of the molecule is O=S(=O)(Nc1cscn1)c1c(F)cc(NCc2c(Cl)cccc2CN2CCC2)cc1F. The molecule has 1 saturated heterocycles. The van der Waals surface area contributed by atoms with E-state index in [1.165, 1.54) is 17.3 Å². The molecule has 2 aromatic carbocycles. The zero-order chi connectivity index (χ0) is 22.0. The van der Waals surface area contributed by atoms with Gasteiger partial charge in [0.2, 0.25) is 0 Å². The molecule has 0 unspecified atom stereocenters. The van der Waals surface area contributed by atoms with E-state index >= 15 is 0 Å². The van der Waals surface area contributed by atoms with E-state index in [2.05, 4.69) is 19.9 Å². The molecule has 4 rings (SSSR count). The first-order chi connectivity index (χ1) is 14.8. The molecule has 0 bridgehead atoms. The predicted octanol–water partition coefficient (Wildman–Crippen LogP) is 4.69. The maximum absolute atomic E-state index is 14.6. The van der Waals surface area contributed by atoms with E-state index in [9.17, 15) is 17.2 Å². The van der Waals surface area contributed by atoms with Crippen LogP contribution in [-0.2, 0) is 23.1 Å². The monoisotopic (exact) mass is 484 g/mol. The van der Waals surface area contributed by atoms with Crippen molar-refractivity contribution in [2.24, 2.45) is 0 Å². The van der Waals surface area contributed by atoms with E-state index in [1.807, 2.05) is 12.1 Å². The van der Waals surface area contributed by atoms with Crippen LogP contribution in [0.1, 0.15) is 17.5 Å². The molecular weight excluding hydrogens is 466 g/mol. The van der Waals surface area contributed by atoms with Crippen LogP contribution in [0.4, 0.5) is 20.3 Å².